The Balaban J connectivity index is 0.00000102. The van der Waals surface area contributed by atoms with Crippen molar-refractivity contribution in [3.63, 3.8) is 0 Å². The second-order valence-electron chi connectivity index (χ2n) is 5.48. The Kier molecular flexibility index (Phi) is 10.1. The second kappa shape index (κ2) is 10.9. The minimum Gasteiger partial charge on any atom is -0.255 e. The van der Waals surface area contributed by atoms with Gasteiger partial charge >= 0.3 is 0 Å². The van der Waals surface area contributed by atoms with E-state index in [0.717, 1.165) is 0 Å². The first kappa shape index (κ1) is 20.3. The minimum absolute atomic E-state index is 0.557. The maximum atomic E-state index is 6.00. The second-order valence-corrected chi connectivity index (χ2v) is 5.48. The summed E-state index contributed by atoms with van der Waals surface area (Å²) in [4.78, 5) is 0. The average Bonchev–Trinajstić information content (AvgIpc) is 2.58. The van der Waals surface area contributed by atoms with E-state index in [-0.39, 0.29) is 0 Å². The SMILES string of the molecule is CC(C)c1ccccc1-c1ccccc1C(C)C.OO.OO. The molecule has 4 nitrogen and oxygen atoms in total. The van der Waals surface area contributed by atoms with Crippen molar-refractivity contribution in [2.24, 2.45) is 0 Å². The van der Waals surface area contributed by atoms with Crippen LogP contribution in [0.3, 0.4) is 0 Å². The van der Waals surface area contributed by atoms with Gasteiger partial charge in [-0.2, -0.15) is 0 Å². The molecule has 122 valence electrons. The van der Waals surface area contributed by atoms with Crippen molar-refractivity contribution in [2.75, 3.05) is 0 Å². The van der Waals surface area contributed by atoms with Gasteiger partial charge in [0.25, 0.3) is 0 Å². The summed E-state index contributed by atoms with van der Waals surface area (Å²) in [6.07, 6.45) is 0. The monoisotopic (exact) mass is 306 g/mol. The van der Waals surface area contributed by atoms with E-state index >= 15 is 0 Å². The van der Waals surface area contributed by atoms with Crippen LogP contribution in [0, 0.1) is 0 Å². The van der Waals surface area contributed by atoms with Crippen LogP contribution in [-0.4, -0.2) is 21.0 Å². The normalized spacial score (nSPS) is 9.73. The van der Waals surface area contributed by atoms with Gasteiger partial charge in [-0.15, -0.1) is 0 Å². The Morgan fingerprint density at radius 3 is 1.09 bits per heavy atom. The molecule has 0 radical (unpaired) electrons. The molecule has 0 atom stereocenters. The van der Waals surface area contributed by atoms with E-state index in [1.807, 2.05) is 0 Å². The van der Waals surface area contributed by atoms with Crippen molar-refractivity contribution in [3.05, 3.63) is 59.7 Å². The molecule has 0 amide bonds. The summed E-state index contributed by atoms with van der Waals surface area (Å²) >= 11 is 0. The summed E-state index contributed by atoms with van der Waals surface area (Å²) in [6.45, 7) is 9.04. The molecular formula is C18H26O4. The molecule has 0 saturated carbocycles. The molecule has 4 heteroatoms. The van der Waals surface area contributed by atoms with Crippen molar-refractivity contribution in [1.82, 2.24) is 0 Å². The quantitative estimate of drug-likeness (QED) is 0.437. The van der Waals surface area contributed by atoms with Crippen LogP contribution >= 0.6 is 0 Å². The maximum absolute atomic E-state index is 6.00. The summed E-state index contributed by atoms with van der Waals surface area (Å²) in [7, 11) is 0. The number of rotatable bonds is 3. The van der Waals surface area contributed by atoms with Gasteiger partial charge in [0.15, 0.2) is 0 Å². The van der Waals surface area contributed by atoms with Gasteiger partial charge in [0, 0.05) is 0 Å². The summed E-state index contributed by atoms with van der Waals surface area (Å²) in [5.74, 6) is 1.11. The molecule has 0 aliphatic carbocycles. The lowest BCUT2D eigenvalue weighted by Crippen LogP contribution is -1.96. The largest absolute Gasteiger partial charge is 0.255 e. The number of benzene rings is 2. The Morgan fingerprint density at radius 2 is 0.818 bits per heavy atom. The lowest BCUT2D eigenvalue weighted by molar-refractivity contribution is -0.176. The first-order valence-corrected chi connectivity index (χ1v) is 7.19. The van der Waals surface area contributed by atoms with Gasteiger partial charge in [0.1, 0.15) is 0 Å². The highest BCUT2D eigenvalue weighted by Gasteiger charge is 2.12. The standard InChI is InChI=1S/C18H22.2H2O2/c1-13(2)15-9-5-7-11-17(15)18-12-8-6-10-16(18)14(3)4;2*1-2/h5-14H,1-4H3;2*1-2H. The van der Waals surface area contributed by atoms with Gasteiger partial charge in [-0.05, 0) is 34.1 Å². The van der Waals surface area contributed by atoms with Gasteiger partial charge in [-0.3, -0.25) is 21.0 Å². The van der Waals surface area contributed by atoms with Crippen molar-refractivity contribution < 1.29 is 21.0 Å². The zero-order chi connectivity index (χ0) is 17.1. The molecule has 0 fully saturated rings. The predicted molar refractivity (Wildman–Crippen MR) is 90.6 cm³/mol. The van der Waals surface area contributed by atoms with E-state index in [1.54, 1.807) is 0 Å². The lowest BCUT2D eigenvalue weighted by atomic mass is 9.87. The van der Waals surface area contributed by atoms with Gasteiger partial charge in [-0.1, -0.05) is 76.2 Å². The van der Waals surface area contributed by atoms with Crippen molar-refractivity contribution in [3.8, 4) is 11.1 Å². The maximum Gasteiger partial charge on any atom is -0.0146 e. The van der Waals surface area contributed by atoms with E-state index < -0.39 is 0 Å². The van der Waals surface area contributed by atoms with Crippen molar-refractivity contribution in [1.29, 1.82) is 0 Å². The van der Waals surface area contributed by atoms with Crippen LogP contribution in [-0.2, 0) is 0 Å². The molecular weight excluding hydrogens is 280 g/mol. The molecule has 0 unspecified atom stereocenters. The van der Waals surface area contributed by atoms with Crippen LogP contribution in [0.1, 0.15) is 50.7 Å². The molecule has 22 heavy (non-hydrogen) atoms. The predicted octanol–water partition coefficient (Wildman–Crippen LogP) is 5.64. The fraction of sp³-hybridized carbons (Fsp3) is 0.333. The van der Waals surface area contributed by atoms with Crippen LogP contribution < -0.4 is 0 Å². The zero-order valence-electron chi connectivity index (χ0n) is 13.6. The Labute approximate surface area is 132 Å². The third-order valence-corrected chi connectivity index (χ3v) is 3.46. The summed E-state index contributed by atoms with van der Waals surface area (Å²) in [5, 5.41) is 24.0. The zero-order valence-corrected chi connectivity index (χ0v) is 13.6. The topological polar surface area (TPSA) is 80.9 Å². The molecule has 0 aliphatic rings. The van der Waals surface area contributed by atoms with E-state index in [9.17, 15) is 0 Å². The van der Waals surface area contributed by atoms with E-state index in [1.165, 1.54) is 22.3 Å². The molecule has 2 rings (SSSR count). The highest BCUT2D eigenvalue weighted by Crippen LogP contribution is 2.34. The van der Waals surface area contributed by atoms with E-state index in [2.05, 4.69) is 76.2 Å². The molecule has 0 saturated heterocycles. The molecule has 0 aliphatic heterocycles. The Hall–Kier alpha value is -1.72. The molecule has 2 aromatic rings. The van der Waals surface area contributed by atoms with Crippen LogP contribution in [0.25, 0.3) is 11.1 Å². The highest BCUT2D eigenvalue weighted by atomic mass is 17.0. The van der Waals surface area contributed by atoms with Gasteiger partial charge in [-0.25, -0.2) is 0 Å². The third kappa shape index (κ3) is 5.24. The van der Waals surface area contributed by atoms with Crippen LogP contribution in [0.2, 0.25) is 0 Å². The van der Waals surface area contributed by atoms with Gasteiger partial charge in [0.2, 0.25) is 0 Å². The Bertz CT molecular complexity index is 487. The molecule has 4 N–H and O–H groups in total. The fourth-order valence-electron chi connectivity index (χ4n) is 2.49. The van der Waals surface area contributed by atoms with E-state index in [0.29, 0.717) is 11.8 Å². The first-order valence-electron chi connectivity index (χ1n) is 7.19. The summed E-state index contributed by atoms with van der Waals surface area (Å²) < 4.78 is 0. The van der Waals surface area contributed by atoms with Gasteiger partial charge < -0.3 is 0 Å². The first-order chi connectivity index (χ1) is 10.6. The molecule has 0 heterocycles. The van der Waals surface area contributed by atoms with Crippen LogP contribution in [0.5, 0.6) is 0 Å². The Morgan fingerprint density at radius 1 is 0.545 bits per heavy atom. The van der Waals surface area contributed by atoms with Crippen LogP contribution in [0.15, 0.2) is 48.5 Å². The lowest BCUT2D eigenvalue weighted by Gasteiger charge is -2.17. The third-order valence-electron chi connectivity index (χ3n) is 3.46. The fourth-order valence-corrected chi connectivity index (χ4v) is 2.49. The van der Waals surface area contributed by atoms with Crippen molar-refractivity contribution >= 4 is 0 Å². The minimum atomic E-state index is 0.557. The summed E-state index contributed by atoms with van der Waals surface area (Å²) in [5.41, 5.74) is 5.64. The highest BCUT2D eigenvalue weighted by molar-refractivity contribution is 5.71. The average molecular weight is 306 g/mol. The number of hydrogen-bond acceptors (Lipinski definition) is 4. The molecule has 0 spiro atoms. The molecule has 0 bridgehead atoms. The van der Waals surface area contributed by atoms with E-state index in [4.69, 9.17) is 21.0 Å². The van der Waals surface area contributed by atoms with Crippen molar-refractivity contribution in [2.45, 2.75) is 39.5 Å². The molecule has 0 aromatic heterocycles. The summed E-state index contributed by atoms with van der Waals surface area (Å²) in [6, 6.07) is 17.5. The number of hydrogen-bond donors (Lipinski definition) is 4. The van der Waals surface area contributed by atoms with Crippen LogP contribution in [0.4, 0.5) is 0 Å². The smallest absolute Gasteiger partial charge is 0.0146 e. The molecule has 2 aromatic carbocycles. The van der Waals surface area contributed by atoms with Gasteiger partial charge in [0.05, 0.1) is 0 Å².